The SMILES string of the molecule is CC[C@H](C)C1(NC(C)=O)CCN([C@@H](CCc2ccccc2)C(=O)N[C@@H](Cc2ccccc2)[C@H](O)CNCc2cc(F)cc(F)c2)C1=O. The average molecular weight is 649 g/mol. The zero-order valence-electron chi connectivity index (χ0n) is 27.3. The summed E-state index contributed by atoms with van der Waals surface area (Å²) in [5.41, 5.74) is 1.19. The van der Waals surface area contributed by atoms with Gasteiger partial charge in [-0.3, -0.25) is 14.4 Å². The van der Waals surface area contributed by atoms with E-state index in [-0.39, 0.29) is 30.8 Å². The van der Waals surface area contributed by atoms with Crippen LogP contribution in [0.4, 0.5) is 8.78 Å². The molecule has 4 rings (SSSR count). The molecular weight excluding hydrogens is 602 g/mol. The fourth-order valence-electron chi connectivity index (χ4n) is 6.44. The van der Waals surface area contributed by atoms with Gasteiger partial charge in [-0.25, -0.2) is 8.78 Å². The molecule has 47 heavy (non-hydrogen) atoms. The highest BCUT2D eigenvalue weighted by Gasteiger charge is 2.53. The lowest BCUT2D eigenvalue weighted by atomic mass is 9.81. The Kier molecular flexibility index (Phi) is 12.6. The summed E-state index contributed by atoms with van der Waals surface area (Å²) < 4.78 is 27.4. The lowest BCUT2D eigenvalue weighted by molar-refractivity contribution is -0.144. The number of carbonyl (C=O) groups is 3. The Hall–Kier alpha value is -4.15. The topological polar surface area (TPSA) is 111 Å². The van der Waals surface area contributed by atoms with Gasteiger partial charge in [-0.05, 0) is 60.4 Å². The minimum absolute atomic E-state index is 0.0346. The number of halogens is 2. The quantitative estimate of drug-likeness (QED) is 0.185. The number of benzene rings is 3. The molecule has 1 aliphatic rings. The minimum Gasteiger partial charge on any atom is -0.390 e. The molecule has 3 aromatic carbocycles. The van der Waals surface area contributed by atoms with Gasteiger partial charge in [0.2, 0.25) is 17.7 Å². The van der Waals surface area contributed by atoms with Gasteiger partial charge in [-0.2, -0.15) is 0 Å². The molecule has 1 heterocycles. The Morgan fingerprint density at radius 3 is 2.17 bits per heavy atom. The highest BCUT2D eigenvalue weighted by molar-refractivity contribution is 5.96. The summed E-state index contributed by atoms with van der Waals surface area (Å²) in [6, 6.07) is 20.8. The monoisotopic (exact) mass is 648 g/mol. The van der Waals surface area contributed by atoms with Gasteiger partial charge in [0.1, 0.15) is 23.2 Å². The summed E-state index contributed by atoms with van der Waals surface area (Å²) in [4.78, 5) is 42.3. The predicted octanol–water partition coefficient (Wildman–Crippen LogP) is 4.30. The summed E-state index contributed by atoms with van der Waals surface area (Å²) >= 11 is 0. The molecule has 3 amide bonds. The molecule has 0 spiro atoms. The van der Waals surface area contributed by atoms with Gasteiger partial charge in [-0.15, -0.1) is 0 Å². The highest BCUT2D eigenvalue weighted by Crippen LogP contribution is 2.34. The number of aryl methyl sites for hydroxylation is 1. The molecule has 0 saturated carbocycles. The van der Waals surface area contributed by atoms with E-state index < -0.39 is 41.3 Å². The van der Waals surface area contributed by atoms with Crippen LogP contribution < -0.4 is 16.0 Å². The fourth-order valence-corrected chi connectivity index (χ4v) is 6.44. The molecule has 3 aromatic rings. The number of amides is 3. The molecule has 0 radical (unpaired) electrons. The summed E-state index contributed by atoms with van der Waals surface area (Å²) in [5, 5.41) is 20.4. The largest absolute Gasteiger partial charge is 0.390 e. The lowest BCUT2D eigenvalue weighted by Gasteiger charge is -2.36. The van der Waals surface area contributed by atoms with Crippen LogP contribution in [0.2, 0.25) is 0 Å². The first-order chi connectivity index (χ1) is 22.5. The minimum atomic E-state index is -1.10. The van der Waals surface area contributed by atoms with Gasteiger partial charge < -0.3 is 26.0 Å². The van der Waals surface area contributed by atoms with E-state index in [4.69, 9.17) is 0 Å². The van der Waals surface area contributed by atoms with Crippen molar-refractivity contribution in [3.63, 3.8) is 0 Å². The van der Waals surface area contributed by atoms with Crippen LogP contribution in [0.5, 0.6) is 0 Å². The number of hydrogen-bond donors (Lipinski definition) is 4. The molecule has 0 aromatic heterocycles. The third kappa shape index (κ3) is 9.45. The van der Waals surface area contributed by atoms with Gasteiger partial charge >= 0.3 is 0 Å². The zero-order valence-corrected chi connectivity index (χ0v) is 27.3. The molecule has 1 unspecified atom stereocenters. The van der Waals surface area contributed by atoms with Crippen LogP contribution in [0.3, 0.4) is 0 Å². The molecule has 4 N–H and O–H groups in total. The summed E-state index contributed by atoms with van der Waals surface area (Å²) in [6.07, 6.45) is 1.18. The number of hydrogen-bond acceptors (Lipinski definition) is 5. The van der Waals surface area contributed by atoms with E-state index in [1.54, 1.807) is 4.90 Å². The molecular formula is C37H46F2N4O4. The number of aliphatic hydroxyl groups is 1. The normalized spacial score (nSPS) is 18.8. The van der Waals surface area contributed by atoms with Gasteiger partial charge in [-0.1, -0.05) is 80.9 Å². The second-order valence-corrected chi connectivity index (χ2v) is 12.5. The first-order valence-electron chi connectivity index (χ1n) is 16.3. The van der Waals surface area contributed by atoms with Crippen LogP contribution in [0.1, 0.15) is 56.7 Å². The van der Waals surface area contributed by atoms with Gasteiger partial charge in [0.05, 0.1) is 12.1 Å². The second-order valence-electron chi connectivity index (χ2n) is 12.5. The molecule has 5 atom stereocenters. The fraction of sp³-hybridized carbons (Fsp3) is 0.432. The molecule has 0 aliphatic carbocycles. The maximum atomic E-state index is 14.2. The smallest absolute Gasteiger partial charge is 0.249 e. The molecule has 8 nitrogen and oxygen atoms in total. The van der Waals surface area contributed by atoms with E-state index in [1.165, 1.54) is 19.1 Å². The number of likely N-dealkylation sites (tertiary alicyclic amines) is 1. The molecule has 252 valence electrons. The van der Waals surface area contributed by atoms with Crippen LogP contribution in [-0.2, 0) is 33.8 Å². The number of nitrogens with one attached hydrogen (secondary N) is 3. The first kappa shape index (κ1) is 35.7. The van der Waals surface area contributed by atoms with Crippen molar-refractivity contribution in [3.8, 4) is 0 Å². The highest BCUT2D eigenvalue weighted by atomic mass is 19.1. The van der Waals surface area contributed by atoms with Crippen molar-refractivity contribution in [2.24, 2.45) is 5.92 Å². The zero-order chi connectivity index (χ0) is 34.0. The maximum Gasteiger partial charge on any atom is 0.249 e. The van der Waals surface area contributed by atoms with E-state index in [0.717, 1.165) is 17.2 Å². The van der Waals surface area contributed by atoms with E-state index >= 15 is 0 Å². The molecule has 1 saturated heterocycles. The number of nitrogens with zero attached hydrogens (tertiary/aromatic N) is 1. The summed E-state index contributed by atoms with van der Waals surface area (Å²) in [5.74, 6) is -2.50. The van der Waals surface area contributed by atoms with Crippen molar-refractivity contribution in [2.75, 3.05) is 13.1 Å². The van der Waals surface area contributed by atoms with E-state index in [9.17, 15) is 28.3 Å². The van der Waals surface area contributed by atoms with Crippen LogP contribution >= 0.6 is 0 Å². The van der Waals surface area contributed by atoms with Crippen molar-refractivity contribution in [3.05, 3.63) is 107 Å². The van der Waals surface area contributed by atoms with Crippen molar-refractivity contribution in [1.82, 2.24) is 20.9 Å². The molecule has 0 bridgehead atoms. The van der Waals surface area contributed by atoms with Crippen molar-refractivity contribution in [2.45, 2.75) is 83.1 Å². The molecule has 10 heteroatoms. The Morgan fingerprint density at radius 2 is 1.57 bits per heavy atom. The van der Waals surface area contributed by atoms with E-state index in [0.29, 0.717) is 44.2 Å². The number of aliphatic hydroxyl groups excluding tert-OH is 1. The van der Waals surface area contributed by atoms with Crippen molar-refractivity contribution in [1.29, 1.82) is 0 Å². The van der Waals surface area contributed by atoms with Gasteiger partial charge in [0.15, 0.2) is 0 Å². The summed E-state index contributed by atoms with van der Waals surface area (Å²) in [6.45, 7) is 5.75. The van der Waals surface area contributed by atoms with Gasteiger partial charge in [0, 0.05) is 32.6 Å². The summed E-state index contributed by atoms with van der Waals surface area (Å²) in [7, 11) is 0. The van der Waals surface area contributed by atoms with Crippen molar-refractivity contribution >= 4 is 17.7 Å². The number of carbonyl (C=O) groups excluding carboxylic acids is 3. The second kappa shape index (κ2) is 16.6. The Balaban J connectivity index is 1.57. The third-order valence-corrected chi connectivity index (χ3v) is 9.17. The van der Waals surface area contributed by atoms with E-state index in [2.05, 4.69) is 16.0 Å². The van der Waals surface area contributed by atoms with E-state index in [1.807, 2.05) is 74.5 Å². The molecule has 1 aliphatic heterocycles. The Morgan fingerprint density at radius 1 is 0.957 bits per heavy atom. The number of rotatable bonds is 16. The lowest BCUT2D eigenvalue weighted by Crippen LogP contribution is -2.60. The van der Waals surface area contributed by atoms with Gasteiger partial charge in [0.25, 0.3) is 0 Å². The third-order valence-electron chi connectivity index (χ3n) is 9.17. The van der Waals surface area contributed by atoms with Crippen molar-refractivity contribution < 1.29 is 28.3 Å². The van der Waals surface area contributed by atoms with Crippen LogP contribution in [0, 0.1) is 17.6 Å². The van der Waals surface area contributed by atoms with Crippen LogP contribution in [0.15, 0.2) is 78.9 Å². The molecule has 1 fully saturated rings. The Labute approximate surface area is 275 Å². The first-order valence-corrected chi connectivity index (χ1v) is 16.3. The Bertz CT molecular complexity index is 1470. The maximum absolute atomic E-state index is 14.2. The average Bonchev–Trinajstić information content (AvgIpc) is 3.36. The van der Waals surface area contributed by atoms with Crippen LogP contribution in [0.25, 0.3) is 0 Å². The standard InChI is InChI=1S/C37H46F2N4O4/c1-4-25(2)37(42-26(3)44)17-18-43(36(37)47)33(16-15-27-11-7-5-8-12-27)35(46)41-32(21-28-13-9-6-10-14-28)34(45)24-40-23-29-19-30(38)22-31(39)20-29/h5-14,19-20,22,25,32-34,40,45H,4,15-18,21,23-24H2,1-3H3,(H,41,46)(H,42,44)/t25-,32-,33-,34+,37?/m0/s1. The predicted molar refractivity (Wildman–Crippen MR) is 177 cm³/mol. The van der Waals surface area contributed by atoms with Crippen LogP contribution in [-0.4, -0.2) is 64.5 Å².